The van der Waals surface area contributed by atoms with Crippen molar-refractivity contribution < 1.29 is 14.4 Å². The van der Waals surface area contributed by atoms with Crippen LogP contribution in [0.25, 0.3) is 0 Å². The van der Waals surface area contributed by atoms with Gasteiger partial charge >= 0.3 is 6.03 Å². The van der Waals surface area contributed by atoms with Gasteiger partial charge in [0.1, 0.15) is 5.54 Å². The molecule has 2 rings (SSSR count). The molecule has 0 aromatic heterocycles. The smallest absolute Gasteiger partial charge is 0.323 e. The van der Waals surface area contributed by atoms with Crippen molar-refractivity contribution in [3.05, 3.63) is 0 Å². The van der Waals surface area contributed by atoms with Gasteiger partial charge in [0, 0.05) is 5.92 Å². The fourth-order valence-electron chi connectivity index (χ4n) is 2.75. The van der Waals surface area contributed by atoms with Crippen LogP contribution in [0.15, 0.2) is 0 Å². The highest BCUT2D eigenvalue weighted by atomic mass is 16.2. The zero-order valence-electron chi connectivity index (χ0n) is 11.9. The highest BCUT2D eigenvalue weighted by Crippen LogP contribution is 2.36. The van der Waals surface area contributed by atoms with Crippen molar-refractivity contribution in [3.8, 4) is 0 Å². The average Bonchev–Trinajstić information content (AvgIpc) is 2.58. The van der Waals surface area contributed by atoms with E-state index in [-0.39, 0.29) is 24.2 Å². The second-order valence-electron chi connectivity index (χ2n) is 6.21. The summed E-state index contributed by atoms with van der Waals surface area (Å²) in [7, 11) is 0. The van der Waals surface area contributed by atoms with E-state index < -0.39 is 11.6 Å². The Balaban J connectivity index is 2.10. The first-order valence-corrected chi connectivity index (χ1v) is 7.02. The van der Waals surface area contributed by atoms with Crippen LogP contribution in [0.3, 0.4) is 0 Å². The summed E-state index contributed by atoms with van der Waals surface area (Å²) >= 11 is 0. The second-order valence-corrected chi connectivity index (χ2v) is 6.21. The van der Waals surface area contributed by atoms with Crippen LogP contribution in [-0.2, 0) is 9.59 Å². The van der Waals surface area contributed by atoms with Gasteiger partial charge in [0.15, 0.2) is 5.78 Å². The molecule has 3 amide bonds. The summed E-state index contributed by atoms with van der Waals surface area (Å²) in [5, 5.41) is 2.82. The number of carbonyl (C=O) groups is 3. The predicted octanol–water partition coefficient (Wildman–Crippen LogP) is 1.71. The highest BCUT2D eigenvalue weighted by Gasteiger charge is 2.52. The number of hydrogen-bond donors (Lipinski definition) is 1. The van der Waals surface area contributed by atoms with E-state index in [4.69, 9.17) is 0 Å². The molecule has 1 aliphatic carbocycles. The Morgan fingerprint density at radius 2 is 1.95 bits per heavy atom. The van der Waals surface area contributed by atoms with E-state index in [1.54, 1.807) is 13.8 Å². The van der Waals surface area contributed by atoms with E-state index in [0.29, 0.717) is 18.8 Å². The number of rotatable bonds is 3. The fraction of sp³-hybridized carbons (Fsp3) is 0.786. The third kappa shape index (κ3) is 2.51. The molecule has 5 nitrogen and oxygen atoms in total. The van der Waals surface area contributed by atoms with Crippen LogP contribution in [0.1, 0.15) is 46.5 Å². The van der Waals surface area contributed by atoms with Crippen LogP contribution >= 0.6 is 0 Å². The number of carbonyl (C=O) groups excluding carboxylic acids is 3. The molecule has 0 unspecified atom stereocenters. The molecule has 0 radical (unpaired) electrons. The summed E-state index contributed by atoms with van der Waals surface area (Å²) in [5.41, 5.74) is -0.735. The number of nitrogens with zero attached hydrogens (tertiary/aromatic N) is 1. The Morgan fingerprint density at radius 3 is 2.47 bits per heavy atom. The molecule has 2 aliphatic rings. The number of urea groups is 1. The average molecular weight is 266 g/mol. The number of ketones is 1. The summed E-state index contributed by atoms with van der Waals surface area (Å²) in [5.74, 6) is 0.147. The van der Waals surface area contributed by atoms with E-state index in [2.05, 4.69) is 12.2 Å². The van der Waals surface area contributed by atoms with Crippen molar-refractivity contribution in [2.75, 3.05) is 6.54 Å². The Labute approximate surface area is 113 Å². The number of imide groups is 1. The van der Waals surface area contributed by atoms with Gasteiger partial charge in [-0.05, 0) is 31.6 Å². The van der Waals surface area contributed by atoms with Crippen LogP contribution in [0.4, 0.5) is 4.79 Å². The van der Waals surface area contributed by atoms with E-state index in [0.717, 1.165) is 17.7 Å². The molecular weight excluding hydrogens is 244 g/mol. The maximum atomic E-state index is 12.4. The summed E-state index contributed by atoms with van der Waals surface area (Å²) in [6.45, 7) is 5.62. The van der Waals surface area contributed by atoms with Crippen molar-refractivity contribution in [1.29, 1.82) is 0 Å². The monoisotopic (exact) mass is 266 g/mol. The molecule has 1 N–H and O–H groups in total. The lowest BCUT2D eigenvalue weighted by atomic mass is 9.77. The van der Waals surface area contributed by atoms with Gasteiger partial charge in [-0.1, -0.05) is 20.8 Å². The summed E-state index contributed by atoms with van der Waals surface area (Å²) in [6, 6.07) is -0.409. The van der Waals surface area contributed by atoms with Crippen molar-refractivity contribution in [2.24, 2.45) is 11.8 Å². The minimum Gasteiger partial charge on any atom is -0.323 e. The molecule has 2 fully saturated rings. The van der Waals surface area contributed by atoms with Gasteiger partial charge < -0.3 is 5.32 Å². The Kier molecular flexibility index (Phi) is 3.65. The first-order chi connectivity index (χ1) is 8.85. The number of Topliss-reactive ketones (excluding diaryl/α,β-unsaturated/α-hetero) is 1. The molecule has 1 aliphatic heterocycles. The molecular formula is C14H22N2O3. The maximum absolute atomic E-state index is 12.4. The zero-order chi connectivity index (χ0) is 14.2. The van der Waals surface area contributed by atoms with Crippen LogP contribution in [-0.4, -0.2) is 34.7 Å². The number of amides is 3. The lowest BCUT2D eigenvalue weighted by molar-refractivity contribution is -0.136. The minimum absolute atomic E-state index is 0.0790. The molecule has 1 spiro atoms. The normalized spacial score (nSPS) is 31.2. The molecule has 5 heteroatoms. The van der Waals surface area contributed by atoms with Crippen molar-refractivity contribution in [2.45, 2.75) is 52.0 Å². The van der Waals surface area contributed by atoms with Crippen molar-refractivity contribution >= 4 is 17.7 Å². The SMILES string of the molecule is CC1CCC2(CC1)NC(=O)N(CC(=O)C(C)C)C2=O. The van der Waals surface area contributed by atoms with E-state index in [1.807, 2.05) is 0 Å². The second kappa shape index (κ2) is 4.94. The van der Waals surface area contributed by atoms with E-state index >= 15 is 0 Å². The van der Waals surface area contributed by atoms with Gasteiger partial charge in [-0.2, -0.15) is 0 Å². The van der Waals surface area contributed by atoms with E-state index in [1.165, 1.54) is 0 Å². The number of hydrogen-bond acceptors (Lipinski definition) is 3. The molecule has 106 valence electrons. The van der Waals surface area contributed by atoms with Gasteiger partial charge in [-0.3, -0.25) is 14.5 Å². The maximum Gasteiger partial charge on any atom is 0.325 e. The molecule has 1 saturated heterocycles. The summed E-state index contributed by atoms with van der Waals surface area (Å²) in [4.78, 5) is 37.2. The lowest BCUT2D eigenvalue weighted by Crippen LogP contribution is -2.49. The fourth-order valence-corrected chi connectivity index (χ4v) is 2.75. The largest absolute Gasteiger partial charge is 0.325 e. The quantitative estimate of drug-likeness (QED) is 0.791. The Hall–Kier alpha value is -1.39. The first-order valence-electron chi connectivity index (χ1n) is 7.02. The van der Waals surface area contributed by atoms with E-state index in [9.17, 15) is 14.4 Å². The molecule has 0 aromatic carbocycles. The van der Waals surface area contributed by atoms with Crippen molar-refractivity contribution in [1.82, 2.24) is 10.2 Å². The molecule has 1 heterocycles. The molecule has 0 atom stereocenters. The Bertz CT molecular complexity index is 409. The van der Waals surface area contributed by atoms with Crippen LogP contribution < -0.4 is 5.32 Å². The van der Waals surface area contributed by atoms with Gasteiger partial charge in [0.2, 0.25) is 0 Å². The first kappa shape index (κ1) is 14.0. The van der Waals surface area contributed by atoms with Crippen LogP contribution in [0.2, 0.25) is 0 Å². The molecule has 19 heavy (non-hydrogen) atoms. The number of nitrogens with one attached hydrogen (secondary N) is 1. The van der Waals surface area contributed by atoms with Gasteiger partial charge in [-0.15, -0.1) is 0 Å². The van der Waals surface area contributed by atoms with Gasteiger partial charge in [0.05, 0.1) is 6.54 Å². The van der Waals surface area contributed by atoms with Gasteiger partial charge in [0.25, 0.3) is 5.91 Å². The third-order valence-corrected chi connectivity index (χ3v) is 4.33. The molecule has 0 bridgehead atoms. The lowest BCUT2D eigenvalue weighted by Gasteiger charge is -2.33. The third-order valence-electron chi connectivity index (χ3n) is 4.33. The zero-order valence-corrected chi connectivity index (χ0v) is 11.9. The standard InChI is InChI=1S/C14H22N2O3/c1-9(2)11(17)8-16-12(18)14(15-13(16)19)6-4-10(3)5-7-14/h9-10H,4-8H2,1-3H3,(H,15,19). The topological polar surface area (TPSA) is 66.5 Å². The van der Waals surface area contributed by atoms with Crippen LogP contribution in [0, 0.1) is 11.8 Å². The minimum atomic E-state index is -0.735. The Morgan fingerprint density at radius 1 is 1.37 bits per heavy atom. The summed E-state index contributed by atoms with van der Waals surface area (Å²) in [6.07, 6.45) is 3.26. The summed E-state index contributed by atoms with van der Waals surface area (Å²) < 4.78 is 0. The van der Waals surface area contributed by atoms with Crippen LogP contribution in [0.5, 0.6) is 0 Å². The predicted molar refractivity (Wildman–Crippen MR) is 70.5 cm³/mol. The van der Waals surface area contributed by atoms with Crippen molar-refractivity contribution in [3.63, 3.8) is 0 Å². The molecule has 0 aromatic rings. The molecule has 1 saturated carbocycles. The highest BCUT2D eigenvalue weighted by molar-refractivity contribution is 6.09. The van der Waals surface area contributed by atoms with Gasteiger partial charge in [-0.25, -0.2) is 4.79 Å².